The Bertz CT molecular complexity index is 904. The van der Waals surface area contributed by atoms with Gasteiger partial charge in [-0.25, -0.2) is 18.6 Å². The minimum atomic E-state index is -1.28. The average Bonchev–Trinajstić information content (AvgIpc) is 2.66. The van der Waals surface area contributed by atoms with Gasteiger partial charge in [-0.2, -0.15) is 0 Å². The van der Waals surface area contributed by atoms with Crippen LogP contribution in [0.5, 0.6) is 5.88 Å². The van der Waals surface area contributed by atoms with Gasteiger partial charge in [0.05, 0.1) is 12.2 Å². The number of carbonyl (C=O) groups is 1. The van der Waals surface area contributed by atoms with Crippen molar-refractivity contribution in [3.05, 3.63) is 58.5 Å². The van der Waals surface area contributed by atoms with Gasteiger partial charge in [0.25, 0.3) is 0 Å². The normalized spacial score (nSPS) is 19.5. The van der Waals surface area contributed by atoms with Gasteiger partial charge in [-0.3, -0.25) is 0 Å². The summed E-state index contributed by atoms with van der Waals surface area (Å²) in [7, 11) is 0. The first-order valence-corrected chi connectivity index (χ1v) is 10.2. The standard InChI is InChI=1S/C22H25ClF2N2O3/c1-22(2,3)30-21(28)27-10-9-16(18(25)12-27)19-5-4-6-20(26-19)29-13-14-7-8-15(23)11-17(14)24/h4-8,11,16,18H,9-10,12-13H2,1-3H3/t16-,18-/m1/s1. The van der Waals surface area contributed by atoms with Gasteiger partial charge >= 0.3 is 6.09 Å². The number of hydrogen-bond acceptors (Lipinski definition) is 4. The molecule has 0 spiro atoms. The van der Waals surface area contributed by atoms with E-state index in [1.807, 2.05) is 0 Å². The van der Waals surface area contributed by atoms with E-state index < -0.39 is 29.6 Å². The van der Waals surface area contributed by atoms with Crippen LogP contribution in [0.15, 0.2) is 36.4 Å². The number of hydrogen-bond donors (Lipinski definition) is 0. The van der Waals surface area contributed by atoms with Crippen molar-refractivity contribution in [2.24, 2.45) is 0 Å². The van der Waals surface area contributed by atoms with E-state index in [0.29, 0.717) is 29.2 Å². The van der Waals surface area contributed by atoms with Crippen molar-refractivity contribution in [1.29, 1.82) is 0 Å². The van der Waals surface area contributed by atoms with E-state index in [2.05, 4.69) is 4.98 Å². The Kier molecular flexibility index (Phi) is 6.81. The summed E-state index contributed by atoms with van der Waals surface area (Å²) in [5, 5.41) is 0.308. The molecule has 8 heteroatoms. The van der Waals surface area contributed by atoms with E-state index in [-0.39, 0.29) is 19.0 Å². The number of ether oxygens (including phenoxy) is 2. The van der Waals surface area contributed by atoms with Crippen LogP contribution >= 0.6 is 11.6 Å². The summed E-state index contributed by atoms with van der Waals surface area (Å²) in [6.07, 6.45) is -1.37. The predicted octanol–water partition coefficient (Wildman–Crippen LogP) is 5.52. The van der Waals surface area contributed by atoms with Gasteiger partial charge in [-0.05, 0) is 45.4 Å². The summed E-state index contributed by atoms with van der Waals surface area (Å²) >= 11 is 5.75. The zero-order valence-electron chi connectivity index (χ0n) is 17.2. The van der Waals surface area contributed by atoms with Gasteiger partial charge in [0, 0.05) is 29.1 Å². The molecule has 30 heavy (non-hydrogen) atoms. The molecule has 2 atom stereocenters. The Morgan fingerprint density at radius 2 is 2.07 bits per heavy atom. The third-order valence-corrected chi connectivity index (χ3v) is 4.94. The number of halogens is 3. The van der Waals surface area contributed by atoms with Crippen molar-refractivity contribution in [1.82, 2.24) is 9.88 Å². The number of alkyl halides is 1. The number of aromatic nitrogens is 1. The van der Waals surface area contributed by atoms with Crippen LogP contribution < -0.4 is 4.74 Å². The maximum absolute atomic E-state index is 14.9. The van der Waals surface area contributed by atoms with Crippen molar-refractivity contribution < 1.29 is 23.0 Å². The SMILES string of the molecule is CC(C)(C)OC(=O)N1CC[C@@H](c2cccc(OCc3ccc(Cl)cc3F)n2)[C@H](F)C1. The maximum atomic E-state index is 14.9. The van der Waals surface area contributed by atoms with Crippen molar-refractivity contribution in [2.45, 2.75) is 51.5 Å². The summed E-state index contributed by atoms with van der Waals surface area (Å²) in [6.45, 7) is 5.63. The van der Waals surface area contributed by atoms with Crippen molar-refractivity contribution in [2.75, 3.05) is 13.1 Å². The molecule has 3 rings (SSSR count). The van der Waals surface area contributed by atoms with Gasteiger partial charge in [0.2, 0.25) is 5.88 Å². The molecule has 1 aromatic heterocycles. The summed E-state index contributed by atoms with van der Waals surface area (Å²) in [6, 6.07) is 9.44. The van der Waals surface area contributed by atoms with Gasteiger partial charge in [0.1, 0.15) is 24.2 Å². The lowest BCUT2D eigenvalue weighted by Crippen LogP contribution is -2.46. The number of amides is 1. The van der Waals surface area contributed by atoms with Gasteiger partial charge in [-0.1, -0.05) is 23.7 Å². The number of rotatable bonds is 4. The van der Waals surface area contributed by atoms with E-state index in [0.717, 1.165) is 0 Å². The lowest BCUT2D eigenvalue weighted by atomic mass is 9.91. The number of benzene rings is 1. The second kappa shape index (κ2) is 9.16. The minimum Gasteiger partial charge on any atom is -0.473 e. The molecule has 0 bridgehead atoms. The molecule has 0 N–H and O–H groups in total. The number of piperidine rings is 1. The second-order valence-electron chi connectivity index (χ2n) is 8.26. The minimum absolute atomic E-state index is 0.0183. The maximum Gasteiger partial charge on any atom is 0.410 e. The topological polar surface area (TPSA) is 51.7 Å². The molecule has 5 nitrogen and oxygen atoms in total. The molecule has 0 radical (unpaired) electrons. The van der Waals surface area contributed by atoms with Crippen LogP contribution in [0.3, 0.4) is 0 Å². The number of carbonyl (C=O) groups excluding carboxylic acids is 1. The first kappa shape index (κ1) is 22.3. The molecule has 0 saturated carbocycles. The van der Waals surface area contributed by atoms with E-state index in [1.165, 1.54) is 11.0 Å². The van der Waals surface area contributed by atoms with Crippen LogP contribution in [0.25, 0.3) is 0 Å². The smallest absolute Gasteiger partial charge is 0.410 e. The average molecular weight is 439 g/mol. The first-order chi connectivity index (χ1) is 14.1. The van der Waals surface area contributed by atoms with Crippen LogP contribution in [0.1, 0.15) is 44.4 Å². The molecule has 1 aromatic carbocycles. The fourth-order valence-corrected chi connectivity index (χ4v) is 3.40. The summed E-state index contributed by atoms with van der Waals surface area (Å²) in [5.74, 6) is -0.639. The van der Waals surface area contributed by atoms with E-state index in [1.54, 1.807) is 51.1 Å². The quantitative estimate of drug-likeness (QED) is 0.631. The fourth-order valence-electron chi connectivity index (χ4n) is 3.24. The lowest BCUT2D eigenvalue weighted by Gasteiger charge is -2.35. The van der Waals surface area contributed by atoms with Crippen molar-refractivity contribution in [3.63, 3.8) is 0 Å². The molecule has 1 amide bonds. The Morgan fingerprint density at radius 3 is 2.73 bits per heavy atom. The lowest BCUT2D eigenvalue weighted by molar-refractivity contribution is 0.0109. The molecule has 2 heterocycles. The highest BCUT2D eigenvalue weighted by molar-refractivity contribution is 6.30. The molecule has 0 aliphatic carbocycles. The third-order valence-electron chi connectivity index (χ3n) is 4.71. The van der Waals surface area contributed by atoms with Gasteiger partial charge < -0.3 is 14.4 Å². The molecule has 1 aliphatic rings. The van der Waals surface area contributed by atoms with E-state index in [9.17, 15) is 13.6 Å². The van der Waals surface area contributed by atoms with Crippen LogP contribution in [-0.2, 0) is 11.3 Å². The fraction of sp³-hybridized carbons (Fsp3) is 0.455. The van der Waals surface area contributed by atoms with Crippen LogP contribution in [0, 0.1) is 5.82 Å². The zero-order chi connectivity index (χ0) is 21.9. The van der Waals surface area contributed by atoms with Crippen LogP contribution in [0.4, 0.5) is 13.6 Å². The molecule has 2 aromatic rings. The molecule has 162 valence electrons. The molecular formula is C22H25ClF2N2O3. The summed E-state index contributed by atoms with van der Waals surface area (Å²) in [4.78, 5) is 18.0. The van der Waals surface area contributed by atoms with Gasteiger partial charge in [-0.15, -0.1) is 0 Å². The Labute approximate surface area is 179 Å². The van der Waals surface area contributed by atoms with E-state index >= 15 is 0 Å². The van der Waals surface area contributed by atoms with E-state index in [4.69, 9.17) is 21.1 Å². The summed E-state index contributed by atoms with van der Waals surface area (Å²) in [5.41, 5.74) is 0.261. The van der Waals surface area contributed by atoms with Crippen LogP contribution in [-0.4, -0.2) is 40.8 Å². The predicted molar refractivity (Wildman–Crippen MR) is 110 cm³/mol. The third kappa shape index (κ3) is 5.81. The number of pyridine rings is 1. The Balaban J connectivity index is 1.62. The molecule has 1 fully saturated rings. The highest BCUT2D eigenvalue weighted by Crippen LogP contribution is 2.31. The number of likely N-dealkylation sites (tertiary alicyclic amines) is 1. The van der Waals surface area contributed by atoms with Crippen molar-refractivity contribution >= 4 is 17.7 Å². The van der Waals surface area contributed by atoms with Crippen LogP contribution in [0.2, 0.25) is 5.02 Å². The van der Waals surface area contributed by atoms with Gasteiger partial charge in [0.15, 0.2) is 0 Å². The molecule has 1 saturated heterocycles. The van der Waals surface area contributed by atoms with Crippen molar-refractivity contribution in [3.8, 4) is 5.88 Å². The molecular weight excluding hydrogens is 414 g/mol. The largest absolute Gasteiger partial charge is 0.473 e. The second-order valence-corrected chi connectivity index (χ2v) is 8.70. The Hall–Kier alpha value is -2.41. The Morgan fingerprint density at radius 1 is 1.30 bits per heavy atom. The monoisotopic (exact) mass is 438 g/mol. The highest BCUT2D eigenvalue weighted by atomic mass is 35.5. The summed E-state index contributed by atoms with van der Waals surface area (Å²) < 4.78 is 39.7. The molecule has 0 unspecified atom stereocenters. The molecule has 1 aliphatic heterocycles. The highest BCUT2D eigenvalue weighted by Gasteiger charge is 2.35. The number of nitrogens with zero attached hydrogens (tertiary/aromatic N) is 2. The first-order valence-electron chi connectivity index (χ1n) is 9.78. The zero-order valence-corrected chi connectivity index (χ0v) is 18.0.